The van der Waals surface area contributed by atoms with E-state index in [0.29, 0.717) is 44.5 Å². The molecule has 0 spiro atoms. The van der Waals surface area contributed by atoms with Crippen molar-refractivity contribution in [2.45, 2.75) is 52.4 Å². The Kier molecular flexibility index (Phi) is 7.55. The molecule has 33 heavy (non-hydrogen) atoms. The van der Waals surface area contributed by atoms with Gasteiger partial charge in [0.05, 0.1) is 30.3 Å². The number of aromatic nitrogens is 2. The number of alkyl halides is 2. The van der Waals surface area contributed by atoms with Gasteiger partial charge in [0, 0.05) is 44.5 Å². The van der Waals surface area contributed by atoms with Gasteiger partial charge in [-0.3, -0.25) is 14.3 Å². The highest BCUT2D eigenvalue weighted by Gasteiger charge is 2.24. The Morgan fingerprint density at radius 3 is 2.61 bits per heavy atom. The van der Waals surface area contributed by atoms with Crippen molar-refractivity contribution < 1.29 is 17.7 Å². The van der Waals surface area contributed by atoms with Crippen LogP contribution in [0.5, 0.6) is 5.75 Å². The van der Waals surface area contributed by atoms with Crippen LogP contribution in [0, 0.1) is 5.92 Å². The molecule has 2 aliphatic heterocycles. The summed E-state index contributed by atoms with van der Waals surface area (Å²) in [4.78, 5) is 19.6. The lowest BCUT2D eigenvalue weighted by molar-refractivity contribution is 0.151. The first-order chi connectivity index (χ1) is 15.9. The first-order valence-corrected chi connectivity index (χ1v) is 12.8. The molecule has 0 bridgehead atoms. The number of rotatable bonds is 8. The summed E-state index contributed by atoms with van der Waals surface area (Å²) in [5.41, 5.74) is 1.76. The molecule has 1 aromatic heterocycles. The molecule has 180 valence electrons. The van der Waals surface area contributed by atoms with Gasteiger partial charge in [-0.05, 0) is 42.9 Å². The smallest absolute Gasteiger partial charge is 0.295 e. The maximum Gasteiger partial charge on any atom is 0.295 e. The summed E-state index contributed by atoms with van der Waals surface area (Å²) < 4.78 is 47.0. The van der Waals surface area contributed by atoms with E-state index in [2.05, 4.69) is 9.88 Å². The molecular weight excluding hydrogens is 450 g/mol. The van der Waals surface area contributed by atoms with Crippen molar-refractivity contribution in [2.24, 2.45) is 5.92 Å². The lowest BCUT2D eigenvalue weighted by atomic mass is 9.99. The molecule has 0 saturated carbocycles. The van der Waals surface area contributed by atoms with Crippen molar-refractivity contribution in [3.05, 3.63) is 57.3 Å². The molecule has 3 heterocycles. The van der Waals surface area contributed by atoms with Crippen LogP contribution in [-0.4, -0.2) is 48.9 Å². The summed E-state index contributed by atoms with van der Waals surface area (Å²) in [5, 5.41) is 0. The Bertz CT molecular complexity index is 1070. The third-order valence-corrected chi connectivity index (χ3v) is 7.55. The van der Waals surface area contributed by atoms with Crippen LogP contribution < -0.4 is 10.3 Å². The minimum atomic E-state index is -2.48. The van der Waals surface area contributed by atoms with Crippen LogP contribution in [0.15, 0.2) is 29.2 Å². The van der Waals surface area contributed by atoms with E-state index in [0.717, 1.165) is 37.1 Å². The highest BCUT2D eigenvalue weighted by atomic mass is 32.2. The summed E-state index contributed by atoms with van der Waals surface area (Å²) in [6.45, 7) is 5.98. The van der Waals surface area contributed by atoms with E-state index in [1.54, 1.807) is 23.0 Å². The Balaban J connectivity index is 1.39. The van der Waals surface area contributed by atoms with E-state index in [1.165, 1.54) is 12.3 Å². The largest absolute Gasteiger partial charge is 0.486 e. The van der Waals surface area contributed by atoms with Crippen LogP contribution in [0.3, 0.4) is 0 Å². The van der Waals surface area contributed by atoms with Gasteiger partial charge in [-0.15, -0.1) is 0 Å². The first kappa shape index (κ1) is 24.0. The number of hydrogen-bond acceptors (Lipinski definition) is 5. The lowest BCUT2D eigenvalue weighted by Crippen LogP contribution is -2.36. The SMILES string of the molecule is CCn1c(CN2Cc3ccc(C(F)F)cc3C2)ncc(OCC2CCN(S(C)=O)CC2)c1=O. The average Bonchev–Trinajstić information content (AvgIpc) is 3.20. The summed E-state index contributed by atoms with van der Waals surface area (Å²) in [7, 11) is -0.944. The normalized spacial score (nSPS) is 18.6. The second-order valence-corrected chi connectivity index (χ2v) is 10.0. The minimum Gasteiger partial charge on any atom is -0.486 e. The van der Waals surface area contributed by atoms with Gasteiger partial charge >= 0.3 is 0 Å². The quantitative estimate of drug-likeness (QED) is 0.581. The van der Waals surface area contributed by atoms with Crippen LogP contribution in [0.4, 0.5) is 8.78 Å². The molecule has 0 amide bonds. The second-order valence-electron chi connectivity index (χ2n) is 8.67. The zero-order valence-corrected chi connectivity index (χ0v) is 19.8. The third-order valence-electron chi connectivity index (χ3n) is 6.46. The minimum absolute atomic E-state index is 0.0364. The van der Waals surface area contributed by atoms with Gasteiger partial charge in [-0.2, -0.15) is 0 Å². The molecule has 2 aliphatic rings. The Labute approximate surface area is 195 Å². The average molecular weight is 481 g/mol. The summed E-state index contributed by atoms with van der Waals surface area (Å²) >= 11 is 0. The maximum absolute atomic E-state index is 13.0. The summed E-state index contributed by atoms with van der Waals surface area (Å²) in [5.74, 6) is 1.20. The molecule has 7 nitrogen and oxygen atoms in total. The van der Waals surface area contributed by atoms with Gasteiger partial charge in [-0.1, -0.05) is 12.1 Å². The van der Waals surface area contributed by atoms with Crippen LogP contribution >= 0.6 is 0 Å². The van der Waals surface area contributed by atoms with Gasteiger partial charge in [0.1, 0.15) is 5.82 Å². The lowest BCUT2D eigenvalue weighted by Gasteiger charge is -2.29. The van der Waals surface area contributed by atoms with Gasteiger partial charge in [0.15, 0.2) is 0 Å². The summed E-state index contributed by atoms with van der Waals surface area (Å²) in [6, 6.07) is 4.81. The fraction of sp³-hybridized carbons (Fsp3) is 0.565. The molecule has 0 N–H and O–H groups in total. The highest BCUT2D eigenvalue weighted by molar-refractivity contribution is 7.81. The Morgan fingerprint density at radius 1 is 1.21 bits per heavy atom. The van der Waals surface area contributed by atoms with E-state index >= 15 is 0 Å². The first-order valence-electron chi connectivity index (χ1n) is 11.3. The molecule has 10 heteroatoms. The Morgan fingerprint density at radius 2 is 1.94 bits per heavy atom. The van der Waals surface area contributed by atoms with Crippen LogP contribution in [0.1, 0.15) is 48.7 Å². The van der Waals surface area contributed by atoms with Crippen molar-refractivity contribution in [3.8, 4) is 5.75 Å². The molecule has 0 radical (unpaired) electrons. The topological polar surface area (TPSA) is 67.7 Å². The summed E-state index contributed by atoms with van der Waals surface area (Å²) in [6.07, 6.45) is 2.48. The predicted molar refractivity (Wildman–Crippen MR) is 122 cm³/mol. The number of nitrogens with zero attached hydrogens (tertiary/aromatic N) is 4. The van der Waals surface area contributed by atoms with Crippen molar-refractivity contribution in [3.63, 3.8) is 0 Å². The molecule has 1 saturated heterocycles. The molecular formula is C23H30F2N4O3S. The van der Waals surface area contributed by atoms with E-state index in [-0.39, 0.29) is 16.9 Å². The number of hydrogen-bond donors (Lipinski definition) is 0. The van der Waals surface area contributed by atoms with Crippen LogP contribution in [0.2, 0.25) is 0 Å². The van der Waals surface area contributed by atoms with Gasteiger partial charge in [0.25, 0.3) is 12.0 Å². The molecule has 2 aromatic rings. The zero-order chi connectivity index (χ0) is 23.5. The molecule has 0 aliphatic carbocycles. The number of halogens is 2. The van der Waals surface area contributed by atoms with Crippen molar-refractivity contribution in [1.29, 1.82) is 0 Å². The molecule has 1 unspecified atom stereocenters. The highest BCUT2D eigenvalue weighted by Crippen LogP contribution is 2.28. The van der Waals surface area contributed by atoms with Crippen molar-refractivity contribution in [2.75, 3.05) is 26.0 Å². The number of piperidine rings is 1. The van der Waals surface area contributed by atoms with Crippen LogP contribution in [0.25, 0.3) is 0 Å². The predicted octanol–water partition coefficient (Wildman–Crippen LogP) is 3.10. The fourth-order valence-electron chi connectivity index (χ4n) is 4.53. The van der Waals surface area contributed by atoms with E-state index in [4.69, 9.17) is 4.74 Å². The van der Waals surface area contributed by atoms with Gasteiger partial charge in [0.2, 0.25) is 5.75 Å². The van der Waals surface area contributed by atoms with Crippen molar-refractivity contribution >= 4 is 11.0 Å². The molecule has 4 rings (SSSR count). The van der Waals surface area contributed by atoms with Gasteiger partial charge in [-0.25, -0.2) is 22.3 Å². The maximum atomic E-state index is 13.0. The standard InChI is InChI=1S/C23H30F2N4O3S/c1-3-29-21(14-27-12-18-5-4-17(22(24)25)10-19(18)13-27)26-11-20(23(29)30)32-15-16-6-8-28(9-7-16)33(2)31/h4-5,10-11,16,22H,3,6-9,12-15H2,1-2H3. The Hall–Kier alpha value is -2.17. The van der Waals surface area contributed by atoms with E-state index in [1.807, 2.05) is 11.2 Å². The van der Waals surface area contributed by atoms with Crippen molar-refractivity contribution in [1.82, 2.24) is 18.8 Å². The molecule has 1 aromatic carbocycles. The fourth-order valence-corrected chi connectivity index (χ4v) is 5.26. The number of benzene rings is 1. The zero-order valence-electron chi connectivity index (χ0n) is 19.0. The van der Waals surface area contributed by atoms with Crippen LogP contribution in [-0.2, 0) is 37.2 Å². The number of ether oxygens (including phenoxy) is 1. The van der Waals surface area contributed by atoms with E-state index < -0.39 is 17.4 Å². The number of fused-ring (bicyclic) bond motifs is 1. The van der Waals surface area contributed by atoms with E-state index in [9.17, 15) is 17.8 Å². The second kappa shape index (κ2) is 10.4. The monoisotopic (exact) mass is 480 g/mol. The third kappa shape index (κ3) is 5.50. The molecule has 1 atom stereocenters. The van der Waals surface area contributed by atoms with Gasteiger partial charge < -0.3 is 4.74 Å². The molecule has 1 fully saturated rings.